The normalized spacial score (nSPS) is 27.6. The van der Waals surface area contributed by atoms with Gasteiger partial charge in [0.15, 0.2) is 0 Å². The van der Waals surface area contributed by atoms with Crippen LogP contribution in [0.2, 0.25) is 0 Å². The number of rotatable bonds is 1. The third-order valence-electron chi connectivity index (χ3n) is 2.50. The zero-order valence-corrected chi connectivity index (χ0v) is 9.40. The molecular weight excluding hydrogens is 244 g/mol. The number of hydrogen-bond donors (Lipinski definition) is 1. The molecule has 2 atom stereocenters. The van der Waals surface area contributed by atoms with Gasteiger partial charge in [0, 0.05) is 17.5 Å². The number of benzene rings is 1. The van der Waals surface area contributed by atoms with Crippen LogP contribution in [-0.2, 0) is 4.74 Å². The number of aliphatic hydroxyl groups excluding tert-OH is 1. The summed E-state index contributed by atoms with van der Waals surface area (Å²) in [6.45, 7) is 0.655. The van der Waals surface area contributed by atoms with E-state index >= 15 is 0 Å². The van der Waals surface area contributed by atoms with Crippen LogP contribution in [0.1, 0.15) is 24.5 Å². The van der Waals surface area contributed by atoms with Crippen LogP contribution in [0.5, 0.6) is 0 Å². The zero-order valence-electron chi connectivity index (χ0n) is 7.82. The van der Waals surface area contributed by atoms with Crippen LogP contribution in [0.25, 0.3) is 0 Å². The van der Waals surface area contributed by atoms with Crippen molar-refractivity contribution in [3.8, 4) is 0 Å². The van der Waals surface area contributed by atoms with E-state index in [9.17, 15) is 5.11 Å². The molecule has 76 valence electrons. The lowest BCUT2D eigenvalue weighted by Crippen LogP contribution is -2.23. The maximum absolute atomic E-state index is 9.51. The van der Waals surface area contributed by atoms with Crippen molar-refractivity contribution in [3.05, 3.63) is 34.3 Å². The van der Waals surface area contributed by atoms with Crippen LogP contribution >= 0.6 is 15.9 Å². The van der Waals surface area contributed by atoms with Crippen LogP contribution in [0.4, 0.5) is 0 Å². The van der Waals surface area contributed by atoms with Gasteiger partial charge in [0.1, 0.15) is 0 Å². The summed E-state index contributed by atoms with van der Waals surface area (Å²) >= 11 is 3.39. The van der Waals surface area contributed by atoms with Crippen LogP contribution in [0, 0.1) is 0 Å². The molecule has 0 bridgehead atoms. The van der Waals surface area contributed by atoms with E-state index in [1.165, 1.54) is 0 Å². The first-order valence-corrected chi connectivity index (χ1v) is 5.60. The third-order valence-corrected chi connectivity index (χ3v) is 3.03. The molecule has 1 saturated heterocycles. The van der Waals surface area contributed by atoms with Crippen molar-refractivity contribution in [2.75, 3.05) is 6.61 Å². The topological polar surface area (TPSA) is 29.5 Å². The third kappa shape index (κ3) is 2.35. The van der Waals surface area contributed by atoms with Crippen molar-refractivity contribution < 1.29 is 9.84 Å². The highest BCUT2D eigenvalue weighted by Gasteiger charge is 2.21. The molecule has 2 rings (SSSR count). The second-order valence-electron chi connectivity index (χ2n) is 3.59. The fraction of sp³-hybridized carbons (Fsp3) is 0.455. The fourth-order valence-corrected chi connectivity index (χ4v) is 1.95. The van der Waals surface area contributed by atoms with Gasteiger partial charge in [0.25, 0.3) is 0 Å². The average molecular weight is 257 g/mol. The predicted octanol–water partition coefficient (Wildman–Crippen LogP) is 2.66. The van der Waals surface area contributed by atoms with E-state index in [0.717, 1.165) is 16.5 Å². The molecule has 14 heavy (non-hydrogen) atoms. The van der Waals surface area contributed by atoms with Crippen LogP contribution in [-0.4, -0.2) is 17.8 Å². The zero-order chi connectivity index (χ0) is 9.97. The Kier molecular flexibility index (Phi) is 3.21. The van der Waals surface area contributed by atoms with Gasteiger partial charge in [-0.15, -0.1) is 0 Å². The van der Waals surface area contributed by atoms with E-state index in [1.807, 2.05) is 24.3 Å². The smallest absolute Gasteiger partial charge is 0.0849 e. The van der Waals surface area contributed by atoms with Gasteiger partial charge in [-0.2, -0.15) is 0 Å². The van der Waals surface area contributed by atoms with Crippen molar-refractivity contribution in [1.29, 1.82) is 0 Å². The van der Waals surface area contributed by atoms with Gasteiger partial charge in [-0.1, -0.05) is 28.1 Å². The molecule has 1 aromatic carbocycles. The summed E-state index contributed by atoms with van der Waals surface area (Å²) in [6.07, 6.45) is 1.32. The average Bonchev–Trinajstić information content (AvgIpc) is 2.19. The van der Waals surface area contributed by atoms with Crippen molar-refractivity contribution >= 4 is 15.9 Å². The van der Waals surface area contributed by atoms with Crippen LogP contribution in [0.3, 0.4) is 0 Å². The first-order valence-electron chi connectivity index (χ1n) is 4.81. The molecule has 3 heteroatoms. The highest BCUT2D eigenvalue weighted by Crippen LogP contribution is 2.28. The van der Waals surface area contributed by atoms with Gasteiger partial charge in [0.2, 0.25) is 0 Å². The molecule has 0 saturated carbocycles. The van der Waals surface area contributed by atoms with Gasteiger partial charge >= 0.3 is 0 Å². The van der Waals surface area contributed by atoms with E-state index in [1.54, 1.807) is 0 Å². The first kappa shape index (κ1) is 10.1. The lowest BCUT2D eigenvalue weighted by molar-refractivity contribution is -0.0447. The van der Waals surface area contributed by atoms with Crippen molar-refractivity contribution in [1.82, 2.24) is 0 Å². The minimum atomic E-state index is -0.211. The SMILES string of the molecule is OC1CCOC(c2ccc(Br)cc2)C1. The second-order valence-corrected chi connectivity index (χ2v) is 4.50. The van der Waals surface area contributed by atoms with Crippen LogP contribution in [0.15, 0.2) is 28.7 Å². The minimum absolute atomic E-state index is 0.0619. The largest absolute Gasteiger partial charge is 0.393 e. The number of halogens is 1. The molecule has 1 aliphatic rings. The summed E-state index contributed by atoms with van der Waals surface area (Å²) in [5.41, 5.74) is 1.15. The van der Waals surface area contributed by atoms with Gasteiger partial charge in [0.05, 0.1) is 12.2 Å². The lowest BCUT2D eigenvalue weighted by Gasteiger charge is -2.26. The molecule has 1 aromatic rings. The molecule has 2 nitrogen and oxygen atoms in total. The lowest BCUT2D eigenvalue weighted by atomic mass is 10.00. The first-order chi connectivity index (χ1) is 6.75. The molecular formula is C11H13BrO2. The molecule has 1 fully saturated rings. The van der Waals surface area contributed by atoms with E-state index in [2.05, 4.69) is 15.9 Å². The molecule has 1 N–H and O–H groups in total. The van der Waals surface area contributed by atoms with E-state index in [4.69, 9.17) is 4.74 Å². The fourth-order valence-electron chi connectivity index (χ4n) is 1.69. The maximum atomic E-state index is 9.51. The molecule has 0 amide bonds. The maximum Gasteiger partial charge on any atom is 0.0849 e. The number of aliphatic hydroxyl groups is 1. The molecule has 1 heterocycles. The monoisotopic (exact) mass is 256 g/mol. The van der Waals surface area contributed by atoms with Gasteiger partial charge in [-0.05, 0) is 24.1 Å². The second kappa shape index (κ2) is 4.43. The Morgan fingerprint density at radius 1 is 1.29 bits per heavy atom. The van der Waals surface area contributed by atoms with Gasteiger partial charge in [-0.25, -0.2) is 0 Å². The Bertz CT molecular complexity index is 297. The predicted molar refractivity (Wildman–Crippen MR) is 58.1 cm³/mol. The van der Waals surface area contributed by atoms with Crippen LogP contribution < -0.4 is 0 Å². The summed E-state index contributed by atoms with van der Waals surface area (Å²) in [5.74, 6) is 0. The highest BCUT2D eigenvalue weighted by atomic mass is 79.9. The van der Waals surface area contributed by atoms with Crippen molar-refractivity contribution in [2.24, 2.45) is 0 Å². The molecule has 2 unspecified atom stereocenters. The summed E-state index contributed by atoms with van der Waals surface area (Å²) < 4.78 is 6.67. The quantitative estimate of drug-likeness (QED) is 0.838. The van der Waals surface area contributed by atoms with Crippen molar-refractivity contribution in [3.63, 3.8) is 0 Å². The summed E-state index contributed by atoms with van der Waals surface area (Å²) in [5, 5.41) is 9.51. The molecule has 0 aromatic heterocycles. The standard InChI is InChI=1S/C11H13BrO2/c12-9-3-1-8(2-4-9)11-7-10(13)5-6-14-11/h1-4,10-11,13H,5-7H2. The number of hydrogen-bond acceptors (Lipinski definition) is 2. The van der Waals surface area contributed by atoms with Gasteiger partial charge in [-0.3, -0.25) is 0 Å². The summed E-state index contributed by atoms with van der Waals surface area (Å²) in [4.78, 5) is 0. The molecule has 0 spiro atoms. The number of ether oxygens (including phenoxy) is 1. The van der Waals surface area contributed by atoms with E-state index in [0.29, 0.717) is 13.0 Å². The van der Waals surface area contributed by atoms with E-state index < -0.39 is 0 Å². The Morgan fingerprint density at radius 2 is 2.00 bits per heavy atom. The Labute approximate surface area is 92.0 Å². The Balaban J connectivity index is 2.10. The summed E-state index contributed by atoms with van der Waals surface area (Å²) in [6, 6.07) is 8.07. The Hall–Kier alpha value is -0.380. The molecule has 1 aliphatic heterocycles. The van der Waals surface area contributed by atoms with E-state index in [-0.39, 0.29) is 12.2 Å². The van der Waals surface area contributed by atoms with Gasteiger partial charge < -0.3 is 9.84 Å². The highest BCUT2D eigenvalue weighted by molar-refractivity contribution is 9.10. The molecule has 0 radical (unpaired) electrons. The minimum Gasteiger partial charge on any atom is -0.393 e. The molecule has 0 aliphatic carbocycles. The summed E-state index contributed by atoms with van der Waals surface area (Å²) in [7, 11) is 0. The Morgan fingerprint density at radius 3 is 2.64 bits per heavy atom. The van der Waals surface area contributed by atoms with Crippen molar-refractivity contribution in [2.45, 2.75) is 25.0 Å².